The first-order chi connectivity index (χ1) is 10.6. The molecule has 0 aliphatic carbocycles. The Kier molecular flexibility index (Phi) is 3.67. The number of nitrogens with zero attached hydrogens (tertiary/aromatic N) is 2. The average Bonchev–Trinajstić information content (AvgIpc) is 2.82. The van der Waals surface area contributed by atoms with E-state index in [0.717, 1.165) is 22.2 Å². The number of H-pyrrole nitrogens is 1. The predicted octanol–water partition coefficient (Wildman–Crippen LogP) is 3.45. The molecule has 3 rings (SSSR count). The van der Waals surface area contributed by atoms with E-state index < -0.39 is 0 Å². The number of carbonyl (C=O) groups is 1. The minimum absolute atomic E-state index is 0.0176. The molecular formula is C18H19N3O. The van der Waals surface area contributed by atoms with E-state index in [2.05, 4.69) is 16.9 Å². The van der Waals surface area contributed by atoms with Crippen molar-refractivity contribution < 1.29 is 4.79 Å². The number of rotatable bonds is 3. The molecule has 0 atom stereocenters. The van der Waals surface area contributed by atoms with E-state index in [1.54, 1.807) is 17.3 Å². The van der Waals surface area contributed by atoms with E-state index in [1.165, 1.54) is 5.56 Å². The van der Waals surface area contributed by atoms with Crippen LogP contribution in [0.1, 0.15) is 27.2 Å². The molecule has 0 saturated carbocycles. The lowest BCUT2D eigenvalue weighted by Crippen LogP contribution is -2.26. The fourth-order valence-corrected chi connectivity index (χ4v) is 2.65. The molecule has 1 amide bonds. The lowest BCUT2D eigenvalue weighted by molar-refractivity contribution is 0.0785. The van der Waals surface area contributed by atoms with Crippen molar-refractivity contribution in [2.45, 2.75) is 20.4 Å². The van der Waals surface area contributed by atoms with Gasteiger partial charge in [0.25, 0.3) is 5.91 Å². The van der Waals surface area contributed by atoms with Gasteiger partial charge in [-0.3, -0.25) is 9.78 Å². The van der Waals surface area contributed by atoms with E-state index in [4.69, 9.17) is 0 Å². The third kappa shape index (κ3) is 2.60. The van der Waals surface area contributed by atoms with Crippen LogP contribution in [0.4, 0.5) is 0 Å². The number of nitrogens with one attached hydrogen (secondary N) is 1. The number of pyridine rings is 1. The second-order valence-electron chi connectivity index (χ2n) is 5.66. The Balaban J connectivity index is 1.86. The Morgan fingerprint density at radius 2 is 2.09 bits per heavy atom. The van der Waals surface area contributed by atoms with Gasteiger partial charge in [0, 0.05) is 48.1 Å². The fraction of sp³-hybridized carbons (Fsp3) is 0.222. The highest BCUT2D eigenvalue weighted by Gasteiger charge is 2.14. The fourth-order valence-electron chi connectivity index (χ4n) is 2.65. The summed E-state index contributed by atoms with van der Waals surface area (Å²) in [5.74, 6) is 0.0176. The molecule has 3 aromatic rings. The van der Waals surface area contributed by atoms with Crippen molar-refractivity contribution in [1.29, 1.82) is 0 Å². The highest BCUT2D eigenvalue weighted by molar-refractivity contribution is 5.98. The summed E-state index contributed by atoms with van der Waals surface area (Å²) in [6.07, 6.45) is 3.52. The monoisotopic (exact) mass is 293 g/mol. The zero-order valence-electron chi connectivity index (χ0n) is 13.1. The van der Waals surface area contributed by atoms with Gasteiger partial charge in [0.05, 0.1) is 0 Å². The second-order valence-corrected chi connectivity index (χ2v) is 5.66. The van der Waals surface area contributed by atoms with Crippen molar-refractivity contribution in [2.24, 2.45) is 0 Å². The van der Waals surface area contributed by atoms with Crippen LogP contribution >= 0.6 is 0 Å². The molecule has 0 fully saturated rings. The van der Waals surface area contributed by atoms with Gasteiger partial charge in [0.15, 0.2) is 0 Å². The molecule has 112 valence electrons. The van der Waals surface area contributed by atoms with Crippen LogP contribution in [0.2, 0.25) is 0 Å². The number of aryl methyl sites for hydroxylation is 2. The van der Waals surface area contributed by atoms with Crippen molar-refractivity contribution in [3.05, 3.63) is 65.1 Å². The number of hydrogen-bond donors (Lipinski definition) is 1. The van der Waals surface area contributed by atoms with Gasteiger partial charge in [-0.25, -0.2) is 0 Å². The number of aromatic nitrogens is 2. The van der Waals surface area contributed by atoms with Crippen molar-refractivity contribution in [3.63, 3.8) is 0 Å². The van der Waals surface area contributed by atoms with E-state index in [1.807, 2.05) is 44.3 Å². The maximum atomic E-state index is 12.6. The van der Waals surface area contributed by atoms with Crippen molar-refractivity contribution in [3.8, 4) is 0 Å². The smallest absolute Gasteiger partial charge is 0.253 e. The lowest BCUT2D eigenvalue weighted by Gasteiger charge is -2.17. The molecule has 0 radical (unpaired) electrons. The summed E-state index contributed by atoms with van der Waals surface area (Å²) in [5, 5.41) is 1.11. The summed E-state index contributed by atoms with van der Waals surface area (Å²) in [7, 11) is 1.81. The number of benzene rings is 1. The number of aromatic amines is 1. The first kappa shape index (κ1) is 14.3. The molecule has 1 aromatic carbocycles. The third-order valence-electron chi connectivity index (χ3n) is 4.04. The second kappa shape index (κ2) is 5.64. The van der Waals surface area contributed by atoms with E-state index >= 15 is 0 Å². The first-order valence-electron chi connectivity index (χ1n) is 7.29. The molecule has 2 aromatic heterocycles. The van der Waals surface area contributed by atoms with Gasteiger partial charge in [-0.15, -0.1) is 0 Å². The van der Waals surface area contributed by atoms with Gasteiger partial charge in [-0.05, 0) is 49.2 Å². The normalized spacial score (nSPS) is 10.9. The molecule has 1 N–H and O–H groups in total. The largest absolute Gasteiger partial charge is 0.358 e. The van der Waals surface area contributed by atoms with Gasteiger partial charge in [0.1, 0.15) is 0 Å². The first-order valence-corrected chi connectivity index (χ1v) is 7.29. The van der Waals surface area contributed by atoms with Crippen LogP contribution in [0.5, 0.6) is 0 Å². The maximum Gasteiger partial charge on any atom is 0.253 e. The molecular weight excluding hydrogens is 274 g/mol. The number of hydrogen-bond acceptors (Lipinski definition) is 2. The molecule has 4 nitrogen and oxygen atoms in total. The Morgan fingerprint density at radius 3 is 2.82 bits per heavy atom. The minimum Gasteiger partial charge on any atom is -0.358 e. The van der Waals surface area contributed by atoms with Gasteiger partial charge in [0.2, 0.25) is 0 Å². The Morgan fingerprint density at radius 1 is 1.27 bits per heavy atom. The molecule has 0 bridgehead atoms. The van der Waals surface area contributed by atoms with E-state index in [9.17, 15) is 4.79 Å². The summed E-state index contributed by atoms with van der Waals surface area (Å²) in [5.41, 5.74) is 5.14. The molecule has 0 aliphatic rings. The van der Waals surface area contributed by atoms with Crippen molar-refractivity contribution in [1.82, 2.24) is 14.9 Å². The van der Waals surface area contributed by atoms with Crippen LogP contribution in [0.25, 0.3) is 10.9 Å². The van der Waals surface area contributed by atoms with Gasteiger partial charge in [-0.1, -0.05) is 6.07 Å². The molecule has 22 heavy (non-hydrogen) atoms. The molecule has 4 heteroatoms. The van der Waals surface area contributed by atoms with Crippen LogP contribution in [0.15, 0.2) is 42.7 Å². The summed E-state index contributed by atoms with van der Waals surface area (Å²) in [4.78, 5) is 21.7. The van der Waals surface area contributed by atoms with E-state index in [-0.39, 0.29) is 5.91 Å². The molecule has 0 spiro atoms. The van der Waals surface area contributed by atoms with Crippen LogP contribution in [0.3, 0.4) is 0 Å². The molecule has 2 heterocycles. The number of fused-ring (bicyclic) bond motifs is 1. The van der Waals surface area contributed by atoms with Crippen LogP contribution in [-0.4, -0.2) is 27.8 Å². The average molecular weight is 293 g/mol. The summed E-state index contributed by atoms with van der Waals surface area (Å²) in [6, 6.07) is 9.67. The zero-order valence-corrected chi connectivity index (χ0v) is 13.1. The van der Waals surface area contributed by atoms with Crippen LogP contribution < -0.4 is 0 Å². The maximum absolute atomic E-state index is 12.6. The minimum atomic E-state index is 0.0176. The van der Waals surface area contributed by atoms with Gasteiger partial charge >= 0.3 is 0 Å². The number of carbonyl (C=O) groups excluding carboxylic acids is 1. The summed E-state index contributed by atoms with van der Waals surface area (Å²) in [6.45, 7) is 4.67. The Bertz CT molecular complexity index is 821. The predicted molar refractivity (Wildman–Crippen MR) is 87.8 cm³/mol. The molecule has 0 unspecified atom stereocenters. The van der Waals surface area contributed by atoms with Crippen LogP contribution in [-0.2, 0) is 6.54 Å². The third-order valence-corrected chi connectivity index (χ3v) is 4.04. The van der Waals surface area contributed by atoms with Crippen molar-refractivity contribution in [2.75, 3.05) is 7.05 Å². The highest BCUT2D eigenvalue weighted by Crippen LogP contribution is 2.23. The van der Waals surface area contributed by atoms with Gasteiger partial charge in [-0.2, -0.15) is 0 Å². The standard InChI is InChI=1S/C18H19N3O/c1-12-13(2)20-17-7-6-15(9-16(12)17)18(22)21(3)11-14-5-4-8-19-10-14/h4-10,20H,11H2,1-3H3. The molecule has 0 saturated heterocycles. The zero-order chi connectivity index (χ0) is 15.7. The highest BCUT2D eigenvalue weighted by atomic mass is 16.2. The Hall–Kier alpha value is -2.62. The Labute approximate surface area is 129 Å². The van der Waals surface area contributed by atoms with Crippen molar-refractivity contribution >= 4 is 16.8 Å². The topological polar surface area (TPSA) is 49.0 Å². The SMILES string of the molecule is Cc1[nH]c2ccc(C(=O)N(C)Cc3cccnc3)cc2c1C. The van der Waals surface area contributed by atoms with Crippen LogP contribution in [0, 0.1) is 13.8 Å². The van der Waals surface area contributed by atoms with Gasteiger partial charge < -0.3 is 9.88 Å². The van der Waals surface area contributed by atoms with E-state index in [0.29, 0.717) is 12.1 Å². The number of amides is 1. The summed E-state index contributed by atoms with van der Waals surface area (Å²) < 4.78 is 0. The molecule has 0 aliphatic heterocycles. The lowest BCUT2D eigenvalue weighted by atomic mass is 10.1. The summed E-state index contributed by atoms with van der Waals surface area (Å²) >= 11 is 0. The quantitative estimate of drug-likeness (QED) is 0.804.